The van der Waals surface area contributed by atoms with E-state index in [1.807, 2.05) is 41.0 Å². The maximum Gasteiger partial charge on any atom is 0.156 e. The minimum absolute atomic E-state index is 0.500. The summed E-state index contributed by atoms with van der Waals surface area (Å²) in [6.07, 6.45) is 5.49. The lowest BCUT2D eigenvalue weighted by Crippen LogP contribution is -2.07. The molecular formula is C20H18Cl2N6. The van der Waals surface area contributed by atoms with Crippen LogP contribution in [0.2, 0.25) is 10.0 Å². The molecule has 0 bridgehead atoms. The van der Waals surface area contributed by atoms with Gasteiger partial charge < -0.3 is 9.88 Å². The summed E-state index contributed by atoms with van der Waals surface area (Å²) in [5, 5.41) is 23.0. The molecule has 0 saturated heterocycles. The second kappa shape index (κ2) is 8.54. The molecule has 1 N–H and O–H groups in total. The third-order valence-corrected chi connectivity index (χ3v) is 5.22. The number of anilines is 1. The number of benzene rings is 2. The van der Waals surface area contributed by atoms with Gasteiger partial charge in [-0.05, 0) is 25.0 Å². The highest BCUT2D eigenvalue weighted by atomic mass is 35.5. The number of fused-ring (bicyclic) bond motifs is 1. The van der Waals surface area contributed by atoms with E-state index in [1.54, 1.807) is 18.7 Å². The molecule has 28 heavy (non-hydrogen) atoms. The van der Waals surface area contributed by atoms with Crippen molar-refractivity contribution in [3.63, 3.8) is 0 Å². The minimum Gasteiger partial charge on any atom is -0.368 e. The van der Waals surface area contributed by atoms with E-state index < -0.39 is 0 Å². The van der Waals surface area contributed by atoms with Crippen molar-refractivity contribution in [1.82, 2.24) is 25.0 Å². The average Bonchev–Trinajstić information content (AvgIpc) is 3.23. The third-order valence-electron chi connectivity index (χ3n) is 4.48. The minimum atomic E-state index is 0.500. The highest BCUT2D eigenvalue weighted by Crippen LogP contribution is 2.33. The summed E-state index contributed by atoms with van der Waals surface area (Å²) in [5.41, 5.74) is 1.67. The molecule has 0 aliphatic carbocycles. The molecule has 2 aromatic carbocycles. The lowest BCUT2D eigenvalue weighted by Gasteiger charge is -2.11. The van der Waals surface area contributed by atoms with Crippen molar-refractivity contribution < 1.29 is 0 Å². The topological polar surface area (TPSA) is 68.5 Å². The molecule has 0 fully saturated rings. The van der Waals surface area contributed by atoms with Crippen LogP contribution in [0.1, 0.15) is 12.8 Å². The molecule has 0 spiro atoms. The van der Waals surface area contributed by atoms with Crippen LogP contribution in [0.25, 0.3) is 22.0 Å². The first-order chi connectivity index (χ1) is 13.7. The number of unbranched alkanes of at least 4 members (excludes halogenated alkanes) is 1. The zero-order valence-corrected chi connectivity index (χ0v) is 16.5. The number of aryl methyl sites for hydroxylation is 1. The molecule has 0 saturated carbocycles. The third kappa shape index (κ3) is 4.08. The first-order valence-corrected chi connectivity index (χ1v) is 9.75. The first-order valence-electron chi connectivity index (χ1n) is 8.99. The van der Waals surface area contributed by atoms with Gasteiger partial charge in [0.15, 0.2) is 5.82 Å². The van der Waals surface area contributed by atoms with Crippen LogP contribution in [0.5, 0.6) is 0 Å². The zero-order valence-electron chi connectivity index (χ0n) is 15.0. The predicted molar refractivity (Wildman–Crippen MR) is 113 cm³/mol. The van der Waals surface area contributed by atoms with Crippen LogP contribution in [0, 0.1) is 0 Å². The second-order valence-electron chi connectivity index (χ2n) is 6.41. The SMILES string of the molecule is Clc1ccc(-c2nnc(NCCCCn3cnnc3)c3ccccc23)cc1Cl. The summed E-state index contributed by atoms with van der Waals surface area (Å²) in [4.78, 5) is 0. The van der Waals surface area contributed by atoms with Crippen LogP contribution in [-0.4, -0.2) is 31.5 Å². The molecule has 6 nitrogen and oxygen atoms in total. The van der Waals surface area contributed by atoms with Gasteiger partial charge in [0.05, 0.1) is 10.0 Å². The van der Waals surface area contributed by atoms with Crippen LogP contribution in [0.3, 0.4) is 0 Å². The van der Waals surface area contributed by atoms with Crippen molar-refractivity contribution in [2.45, 2.75) is 19.4 Å². The van der Waals surface area contributed by atoms with Gasteiger partial charge in [-0.2, -0.15) is 0 Å². The van der Waals surface area contributed by atoms with Crippen molar-refractivity contribution in [1.29, 1.82) is 0 Å². The van der Waals surface area contributed by atoms with Gasteiger partial charge in [0.1, 0.15) is 18.3 Å². The van der Waals surface area contributed by atoms with Gasteiger partial charge in [-0.15, -0.1) is 20.4 Å². The molecule has 4 aromatic rings. The van der Waals surface area contributed by atoms with E-state index in [0.29, 0.717) is 10.0 Å². The standard InChI is InChI=1S/C20H18Cl2N6/c21-17-8-7-14(11-18(17)22)19-15-5-1-2-6-16(15)20(27-26-19)23-9-3-4-10-28-12-24-25-13-28/h1-2,5-8,11-13H,3-4,9-10H2,(H,23,27). The lowest BCUT2D eigenvalue weighted by atomic mass is 10.0. The first kappa shape index (κ1) is 18.7. The van der Waals surface area contributed by atoms with Gasteiger partial charge in [0.2, 0.25) is 0 Å². The molecular weight excluding hydrogens is 395 g/mol. The van der Waals surface area contributed by atoms with Crippen LogP contribution in [-0.2, 0) is 6.54 Å². The molecule has 0 atom stereocenters. The second-order valence-corrected chi connectivity index (χ2v) is 7.22. The number of nitrogens with zero attached hydrogens (tertiary/aromatic N) is 5. The van der Waals surface area contributed by atoms with Gasteiger partial charge in [0.25, 0.3) is 0 Å². The Kier molecular flexibility index (Phi) is 5.69. The number of hydrogen-bond donors (Lipinski definition) is 1. The van der Waals surface area contributed by atoms with Gasteiger partial charge in [0, 0.05) is 29.4 Å². The Balaban J connectivity index is 1.51. The quantitative estimate of drug-likeness (QED) is 0.428. The monoisotopic (exact) mass is 412 g/mol. The molecule has 0 radical (unpaired) electrons. The van der Waals surface area contributed by atoms with Gasteiger partial charge in [-0.25, -0.2) is 0 Å². The number of rotatable bonds is 7. The van der Waals surface area contributed by atoms with Crippen molar-refractivity contribution in [3.05, 3.63) is 65.2 Å². The summed E-state index contributed by atoms with van der Waals surface area (Å²) in [6, 6.07) is 13.6. The van der Waals surface area contributed by atoms with Crippen molar-refractivity contribution >= 4 is 39.8 Å². The summed E-state index contributed by atoms with van der Waals surface area (Å²) in [6.45, 7) is 1.71. The summed E-state index contributed by atoms with van der Waals surface area (Å²) >= 11 is 12.2. The van der Waals surface area contributed by atoms with Gasteiger partial charge >= 0.3 is 0 Å². The summed E-state index contributed by atoms with van der Waals surface area (Å²) in [5.74, 6) is 0.781. The van der Waals surface area contributed by atoms with Crippen molar-refractivity contribution in [3.8, 4) is 11.3 Å². The van der Waals surface area contributed by atoms with Crippen molar-refractivity contribution in [2.24, 2.45) is 0 Å². The fraction of sp³-hybridized carbons (Fsp3) is 0.200. The maximum absolute atomic E-state index is 6.18. The summed E-state index contributed by atoms with van der Waals surface area (Å²) < 4.78 is 1.97. The van der Waals surface area contributed by atoms with E-state index in [4.69, 9.17) is 23.2 Å². The normalized spacial score (nSPS) is 11.1. The molecule has 2 aromatic heterocycles. The molecule has 142 valence electrons. The van der Waals surface area contributed by atoms with Crippen molar-refractivity contribution in [2.75, 3.05) is 11.9 Å². The Morgan fingerprint density at radius 2 is 1.64 bits per heavy atom. The molecule has 0 amide bonds. The maximum atomic E-state index is 6.18. The molecule has 0 unspecified atom stereocenters. The van der Waals surface area contributed by atoms with Crippen LogP contribution < -0.4 is 5.32 Å². The van der Waals surface area contributed by atoms with E-state index in [-0.39, 0.29) is 0 Å². The highest BCUT2D eigenvalue weighted by molar-refractivity contribution is 6.42. The van der Waals surface area contributed by atoms with E-state index in [2.05, 4.69) is 25.7 Å². The molecule has 2 heterocycles. The van der Waals surface area contributed by atoms with Crippen LogP contribution in [0.4, 0.5) is 5.82 Å². The zero-order chi connectivity index (χ0) is 19.3. The Bertz CT molecular complexity index is 1080. The molecule has 0 aliphatic rings. The predicted octanol–water partition coefficient (Wildman–Crippen LogP) is 5.09. The Morgan fingerprint density at radius 3 is 2.43 bits per heavy atom. The molecule has 8 heteroatoms. The van der Waals surface area contributed by atoms with Gasteiger partial charge in [-0.3, -0.25) is 0 Å². The number of hydrogen-bond acceptors (Lipinski definition) is 5. The molecule has 4 rings (SSSR count). The highest BCUT2D eigenvalue weighted by Gasteiger charge is 2.11. The van der Waals surface area contributed by atoms with E-state index >= 15 is 0 Å². The Labute approximate surface area is 172 Å². The number of aromatic nitrogens is 5. The Hall–Kier alpha value is -2.70. The number of halogens is 2. The fourth-order valence-corrected chi connectivity index (χ4v) is 3.35. The lowest BCUT2D eigenvalue weighted by molar-refractivity contribution is 0.619. The smallest absolute Gasteiger partial charge is 0.156 e. The summed E-state index contributed by atoms with van der Waals surface area (Å²) in [7, 11) is 0. The van der Waals surface area contributed by atoms with E-state index in [0.717, 1.165) is 53.8 Å². The Morgan fingerprint density at radius 1 is 0.857 bits per heavy atom. The largest absolute Gasteiger partial charge is 0.368 e. The van der Waals surface area contributed by atoms with E-state index in [1.165, 1.54) is 0 Å². The number of nitrogens with one attached hydrogen (secondary N) is 1. The van der Waals surface area contributed by atoms with Crippen LogP contribution in [0.15, 0.2) is 55.1 Å². The van der Waals surface area contributed by atoms with E-state index in [9.17, 15) is 0 Å². The molecule has 0 aliphatic heterocycles. The average molecular weight is 413 g/mol. The fourth-order valence-electron chi connectivity index (χ4n) is 3.05. The van der Waals surface area contributed by atoms with Crippen LogP contribution >= 0.6 is 23.2 Å². The van der Waals surface area contributed by atoms with Gasteiger partial charge in [-0.1, -0.05) is 53.5 Å².